The molecule has 0 unspecified atom stereocenters. The summed E-state index contributed by atoms with van der Waals surface area (Å²) in [6.07, 6.45) is 0. The van der Waals surface area contributed by atoms with Gasteiger partial charge < -0.3 is 11.5 Å². The second kappa shape index (κ2) is 4.74. The first-order chi connectivity index (χ1) is 8.69. The SMILES string of the molecule is C1N2CN3CN1CN(C2)C3.Nc1ccc(N)cc1. The van der Waals surface area contributed by atoms with Gasteiger partial charge in [-0.3, -0.25) is 19.6 Å². The Kier molecular flexibility index (Phi) is 3.09. The summed E-state index contributed by atoms with van der Waals surface area (Å²) in [6.45, 7) is 7.12. The zero-order chi connectivity index (χ0) is 12.5. The van der Waals surface area contributed by atoms with Gasteiger partial charge in [0.15, 0.2) is 0 Å². The maximum absolute atomic E-state index is 5.37. The van der Waals surface area contributed by atoms with Gasteiger partial charge in [0.2, 0.25) is 0 Å². The highest BCUT2D eigenvalue weighted by molar-refractivity contribution is 5.47. The minimum absolute atomic E-state index is 0.749. The summed E-state index contributed by atoms with van der Waals surface area (Å²) in [5.74, 6) is 0. The molecule has 4 fully saturated rings. The van der Waals surface area contributed by atoms with Crippen molar-refractivity contribution in [3.8, 4) is 0 Å². The normalized spacial score (nSPS) is 36.0. The zero-order valence-electron chi connectivity index (χ0n) is 10.5. The predicted molar refractivity (Wildman–Crippen MR) is 71.8 cm³/mol. The van der Waals surface area contributed by atoms with E-state index in [0.29, 0.717) is 0 Å². The fourth-order valence-electron chi connectivity index (χ4n) is 2.73. The fourth-order valence-corrected chi connectivity index (χ4v) is 2.73. The summed E-state index contributed by atoms with van der Waals surface area (Å²) in [6, 6.07) is 7.09. The van der Waals surface area contributed by atoms with Crippen LogP contribution >= 0.6 is 0 Å². The molecule has 0 saturated carbocycles. The van der Waals surface area contributed by atoms with Crippen molar-refractivity contribution in [2.75, 3.05) is 51.5 Å². The van der Waals surface area contributed by atoms with Crippen LogP contribution < -0.4 is 11.5 Å². The predicted octanol–water partition coefficient (Wildman–Crippen LogP) is -0.169. The maximum atomic E-state index is 5.37. The summed E-state index contributed by atoms with van der Waals surface area (Å²) < 4.78 is 0. The summed E-state index contributed by atoms with van der Waals surface area (Å²) in [5, 5.41) is 0. The van der Waals surface area contributed by atoms with Gasteiger partial charge in [0, 0.05) is 11.4 Å². The molecule has 4 saturated heterocycles. The van der Waals surface area contributed by atoms with E-state index in [-0.39, 0.29) is 0 Å². The first-order valence-corrected chi connectivity index (χ1v) is 6.19. The molecule has 5 rings (SSSR count). The molecule has 0 atom stereocenters. The van der Waals surface area contributed by atoms with Crippen molar-refractivity contribution in [2.45, 2.75) is 0 Å². The summed E-state index contributed by atoms with van der Waals surface area (Å²) in [4.78, 5) is 9.88. The minimum Gasteiger partial charge on any atom is -0.399 e. The Bertz CT molecular complexity index is 326. The Balaban J connectivity index is 0.000000115. The molecule has 0 radical (unpaired) electrons. The molecule has 4 bridgehead atoms. The Hall–Kier alpha value is -1.34. The van der Waals surface area contributed by atoms with Crippen LogP contribution in [0.4, 0.5) is 11.4 Å². The second-order valence-corrected chi connectivity index (χ2v) is 5.20. The Morgan fingerprint density at radius 1 is 0.556 bits per heavy atom. The Labute approximate surface area is 107 Å². The number of rotatable bonds is 0. The fraction of sp³-hybridized carbons (Fsp3) is 0.500. The zero-order valence-corrected chi connectivity index (χ0v) is 10.5. The number of nitrogen functional groups attached to an aromatic ring is 2. The lowest BCUT2D eigenvalue weighted by Crippen LogP contribution is -2.71. The van der Waals surface area contributed by atoms with Gasteiger partial charge in [0.25, 0.3) is 0 Å². The Morgan fingerprint density at radius 3 is 1.00 bits per heavy atom. The van der Waals surface area contributed by atoms with Gasteiger partial charge in [-0.15, -0.1) is 0 Å². The standard InChI is InChI=1S/C6H12N4.C6H8N2/c1-7-2-9-4-8(1)5-10(3-7)6-9;7-5-1-2-6(8)4-3-5/h1-6H2;1-4H,7-8H2. The molecule has 1 aromatic carbocycles. The van der Waals surface area contributed by atoms with Gasteiger partial charge in [0.1, 0.15) is 0 Å². The van der Waals surface area contributed by atoms with Gasteiger partial charge >= 0.3 is 0 Å². The molecule has 6 heteroatoms. The Morgan fingerprint density at radius 2 is 0.778 bits per heavy atom. The van der Waals surface area contributed by atoms with Gasteiger partial charge in [-0.25, -0.2) is 0 Å². The van der Waals surface area contributed by atoms with Crippen molar-refractivity contribution >= 4 is 11.4 Å². The first-order valence-electron chi connectivity index (χ1n) is 6.19. The average molecular weight is 248 g/mol. The van der Waals surface area contributed by atoms with Crippen LogP contribution in [0.3, 0.4) is 0 Å². The van der Waals surface area contributed by atoms with Crippen LogP contribution in [-0.4, -0.2) is 59.6 Å². The van der Waals surface area contributed by atoms with E-state index >= 15 is 0 Å². The molecule has 4 N–H and O–H groups in total. The molecule has 0 aromatic heterocycles. The largest absolute Gasteiger partial charge is 0.399 e. The van der Waals surface area contributed by atoms with Crippen molar-refractivity contribution in [3.63, 3.8) is 0 Å². The van der Waals surface area contributed by atoms with Crippen LogP contribution in [0.15, 0.2) is 24.3 Å². The molecule has 98 valence electrons. The number of hydrogen-bond acceptors (Lipinski definition) is 6. The number of anilines is 2. The highest BCUT2D eigenvalue weighted by Gasteiger charge is 2.36. The van der Waals surface area contributed by atoms with Crippen LogP contribution in [-0.2, 0) is 0 Å². The van der Waals surface area contributed by atoms with E-state index in [1.807, 2.05) is 0 Å². The molecular formula is C12H20N6. The van der Waals surface area contributed by atoms with E-state index in [4.69, 9.17) is 11.5 Å². The van der Waals surface area contributed by atoms with Gasteiger partial charge in [0.05, 0.1) is 40.0 Å². The van der Waals surface area contributed by atoms with E-state index in [1.54, 1.807) is 24.3 Å². The molecule has 18 heavy (non-hydrogen) atoms. The molecule has 1 aromatic rings. The van der Waals surface area contributed by atoms with Gasteiger partial charge in [-0.2, -0.15) is 0 Å². The van der Waals surface area contributed by atoms with Crippen molar-refractivity contribution in [3.05, 3.63) is 24.3 Å². The van der Waals surface area contributed by atoms with Crippen LogP contribution in [0.1, 0.15) is 0 Å². The third-order valence-electron chi connectivity index (χ3n) is 3.34. The van der Waals surface area contributed by atoms with Crippen molar-refractivity contribution in [1.29, 1.82) is 0 Å². The van der Waals surface area contributed by atoms with Crippen molar-refractivity contribution < 1.29 is 0 Å². The number of nitrogens with zero attached hydrogens (tertiary/aromatic N) is 4. The molecule has 4 aliphatic rings. The lowest BCUT2D eigenvalue weighted by Gasteiger charge is -2.56. The lowest BCUT2D eigenvalue weighted by atomic mass is 10.3. The van der Waals surface area contributed by atoms with E-state index in [1.165, 1.54) is 40.0 Å². The number of benzene rings is 1. The van der Waals surface area contributed by atoms with E-state index < -0.39 is 0 Å². The molecule has 0 spiro atoms. The monoisotopic (exact) mass is 248 g/mol. The summed E-state index contributed by atoms with van der Waals surface area (Å²) in [7, 11) is 0. The smallest absolute Gasteiger partial charge is 0.0555 e. The second-order valence-electron chi connectivity index (χ2n) is 5.20. The van der Waals surface area contributed by atoms with E-state index in [2.05, 4.69) is 19.6 Å². The van der Waals surface area contributed by atoms with Crippen LogP contribution in [0, 0.1) is 0 Å². The van der Waals surface area contributed by atoms with Crippen LogP contribution in [0.2, 0.25) is 0 Å². The van der Waals surface area contributed by atoms with Gasteiger partial charge in [-0.1, -0.05) is 0 Å². The van der Waals surface area contributed by atoms with E-state index in [0.717, 1.165) is 11.4 Å². The highest BCUT2D eigenvalue weighted by atomic mass is 15.7. The molecule has 4 heterocycles. The lowest BCUT2D eigenvalue weighted by molar-refractivity contribution is -0.194. The topological polar surface area (TPSA) is 65.0 Å². The molecule has 0 aliphatic carbocycles. The molecular weight excluding hydrogens is 228 g/mol. The highest BCUT2D eigenvalue weighted by Crippen LogP contribution is 2.20. The third kappa shape index (κ3) is 2.56. The van der Waals surface area contributed by atoms with Gasteiger partial charge in [-0.05, 0) is 24.3 Å². The van der Waals surface area contributed by atoms with Crippen LogP contribution in [0.5, 0.6) is 0 Å². The number of hydrogen-bond donors (Lipinski definition) is 2. The minimum atomic E-state index is 0.749. The molecule has 4 aliphatic heterocycles. The van der Waals surface area contributed by atoms with Crippen molar-refractivity contribution in [2.24, 2.45) is 0 Å². The number of nitrogens with two attached hydrogens (primary N) is 2. The van der Waals surface area contributed by atoms with Crippen molar-refractivity contribution in [1.82, 2.24) is 19.6 Å². The van der Waals surface area contributed by atoms with E-state index in [9.17, 15) is 0 Å². The maximum Gasteiger partial charge on any atom is 0.0555 e. The van der Waals surface area contributed by atoms with Crippen LogP contribution in [0.25, 0.3) is 0 Å². The molecule has 6 nitrogen and oxygen atoms in total. The summed E-state index contributed by atoms with van der Waals surface area (Å²) >= 11 is 0. The first kappa shape index (κ1) is 11.7. The third-order valence-corrected chi connectivity index (χ3v) is 3.34. The molecule has 0 amide bonds. The average Bonchev–Trinajstić information content (AvgIpc) is 2.32. The quantitative estimate of drug-likeness (QED) is 0.622. The summed E-state index contributed by atoms with van der Waals surface area (Å²) in [5.41, 5.74) is 12.2.